The van der Waals surface area contributed by atoms with Crippen molar-refractivity contribution in [3.63, 3.8) is 0 Å². The lowest BCUT2D eigenvalue weighted by molar-refractivity contribution is -0.150. The van der Waals surface area contributed by atoms with Crippen LogP contribution in [0.15, 0.2) is 0 Å². The summed E-state index contributed by atoms with van der Waals surface area (Å²) in [4.78, 5) is 25.4. The van der Waals surface area contributed by atoms with Crippen molar-refractivity contribution in [1.82, 2.24) is 4.90 Å². The Kier molecular flexibility index (Phi) is 13.3. The maximum atomic E-state index is 12.1. The number of hydrogen-bond acceptors (Lipinski definition) is 2. The van der Waals surface area contributed by atoms with Gasteiger partial charge in [0, 0.05) is 13.0 Å². The van der Waals surface area contributed by atoms with E-state index in [0.717, 1.165) is 32.1 Å². The summed E-state index contributed by atoms with van der Waals surface area (Å²) in [7, 11) is 0. The molecule has 1 rings (SSSR count). The van der Waals surface area contributed by atoms with Crippen molar-refractivity contribution in [2.24, 2.45) is 0 Å². The fourth-order valence-electron chi connectivity index (χ4n) is 3.92. The smallest absolute Gasteiger partial charge is 0.326 e. The summed E-state index contributed by atoms with van der Waals surface area (Å²) < 4.78 is 0. The van der Waals surface area contributed by atoms with Gasteiger partial charge < -0.3 is 10.0 Å². The molecule has 1 fully saturated rings. The Bertz CT molecular complexity index is 384. The first-order valence-corrected chi connectivity index (χ1v) is 11.2. The van der Waals surface area contributed by atoms with Crippen molar-refractivity contribution in [2.75, 3.05) is 6.54 Å². The van der Waals surface area contributed by atoms with Gasteiger partial charge in [0.15, 0.2) is 0 Å². The fraction of sp³-hybridized carbons (Fsp3) is 0.909. The average Bonchev–Trinajstić information content (AvgIpc) is 2.83. The van der Waals surface area contributed by atoms with Crippen LogP contribution in [-0.2, 0) is 9.59 Å². The third-order valence-electron chi connectivity index (χ3n) is 5.60. The van der Waals surface area contributed by atoms with Gasteiger partial charge in [0.2, 0.25) is 5.91 Å². The van der Waals surface area contributed by atoms with Crippen molar-refractivity contribution in [3.05, 3.63) is 0 Å². The summed E-state index contributed by atoms with van der Waals surface area (Å²) in [6, 6.07) is -0.608. The lowest BCUT2D eigenvalue weighted by Crippen LogP contribution is -2.44. The van der Waals surface area contributed by atoms with E-state index in [-0.39, 0.29) is 5.91 Å². The molecule has 0 radical (unpaired) electrons. The van der Waals surface area contributed by atoms with Crippen LogP contribution in [0.2, 0.25) is 0 Å². The Labute approximate surface area is 160 Å². The van der Waals surface area contributed by atoms with Crippen LogP contribution in [0, 0.1) is 0 Å². The third kappa shape index (κ3) is 10.2. The van der Waals surface area contributed by atoms with Gasteiger partial charge >= 0.3 is 5.97 Å². The number of nitrogens with zero attached hydrogens (tertiary/aromatic N) is 1. The monoisotopic (exact) mass is 367 g/mol. The number of likely N-dealkylation sites (tertiary alicyclic amines) is 1. The predicted molar refractivity (Wildman–Crippen MR) is 107 cm³/mol. The van der Waals surface area contributed by atoms with Crippen molar-refractivity contribution in [1.29, 1.82) is 0 Å². The molecule has 1 aliphatic rings. The number of rotatable bonds is 15. The van der Waals surface area contributed by atoms with E-state index in [2.05, 4.69) is 6.92 Å². The molecule has 0 aromatic heterocycles. The Balaban J connectivity index is 2.07. The van der Waals surface area contributed by atoms with Gasteiger partial charge in [-0.05, 0) is 19.3 Å². The normalized spacial score (nSPS) is 16.5. The topological polar surface area (TPSA) is 57.6 Å². The highest BCUT2D eigenvalue weighted by Gasteiger charge is 2.29. The molecule has 0 aromatic rings. The van der Waals surface area contributed by atoms with E-state index in [1.807, 2.05) is 0 Å². The second kappa shape index (κ2) is 15.0. The van der Waals surface area contributed by atoms with E-state index in [4.69, 9.17) is 0 Å². The van der Waals surface area contributed by atoms with Gasteiger partial charge in [-0.15, -0.1) is 0 Å². The van der Waals surface area contributed by atoms with E-state index >= 15 is 0 Å². The number of hydrogen-bond donors (Lipinski definition) is 1. The molecule has 1 N–H and O–H groups in total. The van der Waals surface area contributed by atoms with Gasteiger partial charge in [0.05, 0.1) is 0 Å². The van der Waals surface area contributed by atoms with Gasteiger partial charge in [-0.25, -0.2) is 4.79 Å². The minimum Gasteiger partial charge on any atom is -0.480 e. The second-order valence-corrected chi connectivity index (χ2v) is 7.93. The highest BCUT2D eigenvalue weighted by atomic mass is 16.4. The van der Waals surface area contributed by atoms with Crippen LogP contribution < -0.4 is 0 Å². The summed E-state index contributed by atoms with van der Waals surface area (Å²) in [6.45, 7) is 2.87. The Morgan fingerprint density at radius 3 is 1.96 bits per heavy atom. The van der Waals surface area contributed by atoms with E-state index in [1.165, 1.54) is 64.2 Å². The summed E-state index contributed by atoms with van der Waals surface area (Å²) in [5, 5.41) is 9.52. The molecule has 1 atom stereocenters. The zero-order valence-corrected chi connectivity index (χ0v) is 17.0. The summed E-state index contributed by atoms with van der Waals surface area (Å²) in [5.41, 5.74) is 0. The lowest BCUT2D eigenvalue weighted by atomic mass is 10.0. The quantitative estimate of drug-likeness (QED) is 0.365. The summed E-state index contributed by atoms with van der Waals surface area (Å²) in [6.07, 6.45) is 19.3. The van der Waals surface area contributed by atoms with Gasteiger partial charge in [-0.3, -0.25) is 4.79 Å². The Hall–Kier alpha value is -1.06. The Morgan fingerprint density at radius 1 is 0.885 bits per heavy atom. The molecule has 0 spiro atoms. The molecule has 4 nitrogen and oxygen atoms in total. The van der Waals surface area contributed by atoms with Crippen LogP contribution in [0.3, 0.4) is 0 Å². The van der Waals surface area contributed by atoms with Crippen molar-refractivity contribution in [3.8, 4) is 0 Å². The first kappa shape index (κ1) is 23.0. The van der Waals surface area contributed by atoms with Gasteiger partial charge in [-0.2, -0.15) is 0 Å². The predicted octanol–water partition coefficient (Wildman–Crippen LogP) is 5.93. The molecule has 4 heteroatoms. The zero-order chi connectivity index (χ0) is 19.0. The molecule has 0 aromatic carbocycles. The molecule has 1 unspecified atom stereocenters. The van der Waals surface area contributed by atoms with Gasteiger partial charge in [-0.1, -0.05) is 90.4 Å². The molecule has 26 heavy (non-hydrogen) atoms. The second-order valence-electron chi connectivity index (χ2n) is 7.93. The van der Waals surface area contributed by atoms with Crippen LogP contribution in [0.5, 0.6) is 0 Å². The van der Waals surface area contributed by atoms with Crippen LogP contribution in [-0.4, -0.2) is 34.5 Å². The lowest BCUT2D eigenvalue weighted by Gasteiger charge is -2.27. The van der Waals surface area contributed by atoms with Gasteiger partial charge in [0.25, 0.3) is 0 Å². The molecular formula is C22H41NO3. The highest BCUT2D eigenvalue weighted by molar-refractivity contribution is 5.83. The number of carbonyl (C=O) groups is 2. The van der Waals surface area contributed by atoms with E-state index in [1.54, 1.807) is 4.90 Å². The molecule has 152 valence electrons. The fourth-order valence-corrected chi connectivity index (χ4v) is 3.92. The number of amides is 1. The molecule has 1 aliphatic heterocycles. The van der Waals surface area contributed by atoms with Crippen LogP contribution in [0.4, 0.5) is 0 Å². The number of carboxylic acid groups (broad SMARTS) is 1. The van der Waals surface area contributed by atoms with Gasteiger partial charge in [0.1, 0.15) is 6.04 Å². The highest BCUT2D eigenvalue weighted by Crippen LogP contribution is 2.19. The molecule has 1 saturated heterocycles. The summed E-state index contributed by atoms with van der Waals surface area (Å²) >= 11 is 0. The molecule has 1 heterocycles. The number of carbonyl (C=O) groups excluding carboxylic acids is 1. The molecule has 0 saturated carbocycles. The van der Waals surface area contributed by atoms with Crippen molar-refractivity contribution < 1.29 is 14.7 Å². The van der Waals surface area contributed by atoms with E-state index in [9.17, 15) is 14.7 Å². The molecule has 0 aliphatic carbocycles. The maximum absolute atomic E-state index is 12.1. The Morgan fingerprint density at radius 2 is 1.42 bits per heavy atom. The average molecular weight is 368 g/mol. The molecule has 1 amide bonds. The summed E-state index contributed by atoms with van der Waals surface area (Å²) in [5.74, 6) is -0.794. The van der Waals surface area contributed by atoms with Crippen LogP contribution >= 0.6 is 0 Å². The standard InChI is InChI=1S/C22H41NO3/c1-2-3-4-5-6-7-8-9-10-11-12-14-17-20(22(25)26)23-19-16-13-15-18-21(23)24/h20H,2-19H2,1H3,(H,25,26). The number of carboxylic acids is 1. The first-order chi connectivity index (χ1) is 12.7. The molecule has 0 bridgehead atoms. The maximum Gasteiger partial charge on any atom is 0.326 e. The van der Waals surface area contributed by atoms with Crippen LogP contribution in [0.1, 0.15) is 116 Å². The number of unbranched alkanes of at least 4 members (excludes halogenated alkanes) is 11. The minimum absolute atomic E-state index is 0.0360. The first-order valence-electron chi connectivity index (χ1n) is 11.2. The third-order valence-corrected chi connectivity index (χ3v) is 5.60. The largest absolute Gasteiger partial charge is 0.480 e. The zero-order valence-electron chi connectivity index (χ0n) is 17.0. The van der Waals surface area contributed by atoms with Crippen molar-refractivity contribution >= 4 is 11.9 Å². The van der Waals surface area contributed by atoms with E-state index in [0.29, 0.717) is 19.4 Å². The minimum atomic E-state index is -0.830. The molecular weight excluding hydrogens is 326 g/mol. The number of aliphatic carboxylic acids is 1. The van der Waals surface area contributed by atoms with E-state index < -0.39 is 12.0 Å². The van der Waals surface area contributed by atoms with Crippen LogP contribution in [0.25, 0.3) is 0 Å². The SMILES string of the molecule is CCCCCCCCCCCCCCC(C(=O)O)N1CCCCCC1=O. The van der Waals surface area contributed by atoms with Crippen molar-refractivity contribution in [2.45, 2.75) is 122 Å².